The topological polar surface area (TPSA) is 9.23 Å². The normalized spacial score (nSPS) is 20.1. The maximum atomic E-state index is 5.81. The molecule has 0 N–H and O–H groups in total. The van der Waals surface area contributed by atoms with Crippen molar-refractivity contribution in [1.82, 2.24) is 0 Å². The molecular formula is C14H19BrO. The van der Waals surface area contributed by atoms with Gasteiger partial charge in [0.25, 0.3) is 0 Å². The van der Waals surface area contributed by atoms with E-state index in [4.69, 9.17) is 4.74 Å². The highest BCUT2D eigenvalue weighted by atomic mass is 79.9. The Morgan fingerprint density at radius 1 is 1.38 bits per heavy atom. The van der Waals surface area contributed by atoms with Gasteiger partial charge >= 0.3 is 0 Å². The zero-order valence-electron chi connectivity index (χ0n) is 10.0. The number of ether oxygens (including phenoxy) is 1. The highest BCUT2D eigenvalue weighted by Gasteiger charge is 2.26. The molecule has 1 heterocycles. The van der Waals surface area contributed by atoms with Crippen molar-refractivity contribution in [3.05, 3.63) is 29.8 Å². The van der Waals surface area contributed by atoms with Crippen LogP contribution >= 0.6 is 15.9 Å². The summed E-state index contributed by atoms with van der Waals surface area (Å²) in [6, 6.07) is 8.39. The molecule has 16 heavy (non-hydrogen) atoms. The third-order valence-corrected chi connectivity index (χ3v) is 4.68. The van der Waals surface area contributed by atoms with Crippen LogP contribution in [-0.2, 0) is 6.42 Å². The van der Waals surface area contributed by atoms with Crippen molar-refractivity contribution >= 4 is 15.9 Å². The first kappa shape index (κ1) is 12.0. The van der Waals surface area contributed by atoms with Gasteiger partial charge in [-0.3, -0.25) is 0 Å². The van der Waals surface area contributed by atoms with Gasteiger partial charge in [0, 0.05) is 5.33 Å². The molecule has 0 aromatic heterocycles. The lowest BCUT2D eigenvalue weighted by Crippen LogP contribution is -2.27. The summed E-state index contributed by atoms with van der Waals surface area (Å²) in [4.78, 5) is 0. The average molecular weight is 283 g/mol. The molecule has 0 saturated heterocycles. The van der Waals surface area contributed by atoms with Crippen LogP contribution in [0.15, 0.2) is 24.3 Å². The molecule has 0 aliphatic carbocycles. The number of halogens is 1. The van der Waals surface area contributed by atoms with Crippen LogP contribution in [0.1, 0.15) is 25.8 Å². The summed E-state index contributed by atoms with van der Waals surface area (Å²) in [6.45, 7) is 5.48. The summed E-state index contributed by atoms with van der Waals surface area (Å²) in [5.74, 6) is 1.73. The van der Waals surface area contributed by atoms with Crippen molar-refractivity contribution in [3.63, 3.8) is 0 Å². The number of fused-ring (bicyclic) bond motifs is 1. The second-order valence-corrected chi connectivity index (χ2v) is 6.05. The van der Waals surface area contributed by atoms with Gasteiger partial charge < -0.3 is 4.74 Å². The van der Waals surface area contributed by atoms with E-state index in [-0.39, 0.29) is 0 Å². The van der Waals surface area contributed by atoms with Crippen molar-refractivity contribution in [1.29, 1.82) is 0 Å². The molecule has 1 aromatic carbocycles. The summed E-state index contributed by atoms with van der Waals surface area (Å²) in [5, 5.41) is 1.05. The van der Waals surface area contributed by atoms with Crippen LogP contribution in [0.4, 0.5) is 0 Å². The number of rotatable bonds is 3. The molecule has 1 aliphatic rings. The summed E-state index contributed by atoms with van der Waals surface area (Å²) in [7, 11) is 0. The summed E-state index contributed by atoms with van der Waals surface area (Å²) in [6.07, 6.45) is 2.37. The predicted molar refractivity (Wildman–Crippen MR) is 71.3 cm³/mol. The highest BCUT2D eigenvalue weighted by molar-refractivity contribution is 9.09. The van der Waals surface area contributed by atoms with Crippen molar-refractivity contribution in [2.24, 2.45) is 11.3 Å². The Morgan fingerprint density at radius 3 is 2.88 bits per heavy atom. The molecule has 0 bridgehead atoms. The third kappa shape index (κ3) is 2.79. The Hall–Kier alpha value is -0.500. The molecule has 2 rings (SSSR count). The lowest BCUT2D eigenvalue weighted by Gasteiger charge is -2.31. The van der Waals surface area contributed by atoms with E-state index in [0.717, 1.165) is 24.1 Å². The Morgan fingerprint density at radius 2 is 2.12 bits per heavy atom. The third-order valence-electron chi connectivity index (χ3n) is 3.16. The fraction of sp³-hybridized carbons (Fsp3) is 0.571. The Kier molecular flexibility index (Phi) is 3.58. The smallest absolute Gasteiger partial charge is 0.122 e. The molecule has 0 spiro atoms. The first-order chi connectivity index (χ1) is 7.61. The van der Waals surface area contributed by atoms with Crippen molar-refractivity contribution < 1.29 is 4.74 Å². The maximum Gasteiger partial charge on any atom is 0.122 e. The van der Waals surface area contributed by atoms with E-state index in [1.165, 1.54) is 12.0 Å². The van der Waals surface area contributed by atoms with Crippen molar-refractivity contribution in [2.45, 2.75) is 26.7 Å². The minimum atomic E-state index is 0.361. The number of benzene rings is 1. The summed E-state index contributed by atoms with van der Waals surface area (Å²) < 4.78 is 5.81. The molecule has 0 amide bonds. The molecule has 1 aromatic rings. The van der Waals surface area contributed by atoms with Crippen LogP contribution in [0, 0.1) is 11.3 Å². The predicted octanol–water partition coefficient (Wildman–Crippen LogP) is 4.05. The average Bonchev–Trinajstić information content (AvgIpc) is 2.28. The van der Waals surface area contributed by atoms with Gasteiger partial charge in [-0.2, -0.15) is 0 Å². The number of para-hydroxylation sites is 1. The van der Waals surface area contributed by atoms with Crippen LogP contribution < -0.4 is 4.74 Å². The minimum absolute atomic E-state index is 0.361. The maximum absolute atomic E-state index is 5.81. The van der Waals surface area contributed by atoms with Gasteiger partial charge in [0.2, 0.25) is 0 Å². The quantitative estimate of drug-likeness (QED) is 0.760. The van der Waals surface area contributed by atoms with Crippen LogP contribution in [-0.4, -0.2) is 11.9 Å². The lowest BCUT2D eigenvalue weighted by atomic mass is 9.81. The number of hydrogen-bond donors (Lipinski definition) is 0. The van der Waals surface area contributed by atoms with E-state index in [0.29, 0.717) is 11.3 Å². The van der Waals surface area contributed by atoms with Crippen molar-refractivity contribution in [3.8, 4) is 5.75 Å². The van der Waals surface area contributed by atoms with E-state index in [1.807, 2.05) is 6.07 Å². The van der Waals surface area contributed by atoms with Gasteiger partial charge in [0.15, 0.2) is 0 Å². The molecule has 1 nitrogen and oxygen atoms in total. The molecular weight excluding hydrogens is 264 g/mol. The monoisotopic (exact) mass is 282 g/mol. The standard InChI is InChI=1S/C14H19BrO/c1-14(2,10-15)8-11-7-12-5-3-4-6-13(12)16-9-11/h3-6,11H,7-10H2,1-2H3. The molecule has 1 unspecified atom stereocenters. The van der Waals surface area contributed by atoms with Gasteiger partial charge in [-0.1, -0.05) is 48.0 Å². The molecule has 2 heteroatoms. The molecule has 0 saturated carbocycles. The lowest BCUT2D eigenvalue weighted by molar-refractivity contribution is 0.177. The summed E-state index contributed by atoms with van der Waals surface area (Å²) >= 11 is 3.59. The fourth-order valence-corrected chi connectivity index (χ4v) is 2.59. The highest BCUT2D eigenvalue weighted by Crippen LogP contribution is 2.34. The first-order valence-corrected chi connectivity index (χ1v) is 6.99. The fourth-order valence-electron chi connectivity index (χ4n) is 2.36. The Balaban J connectivity index is 2.03. The van der Waals surface area contributed by atoms with E-state index in [9.17, 15) is 0 Å². The molecule has 0 fully saturated rings. The molecule has 1 atom stereocenters. The van der Waals surface area contributed by atoms with Gasteiger partial charge in [-0.25, -0.2) is 0 Å². The summed E-state index contributed by atoms with van der Waals surface area (Å²) in [5.41, 5.74) is 1.73. The second-order valence-electron chi connectivity index (χ2n) is 5.49. The van der Waals surface area contributed by atoms with E-state index >= 15 is 0 Å². The van der Waals surface area contributed by atoms with Gasteiger partial charge in [0.05, 0.1) is 6.61 Å². The van der Waals surface area contributed by atoms with Crippen LogP contribution in [0.2, 0.25) is 0 Å². The second kappa shape index (κ2) is 4.79. The van der Waals surface area contributed by atoms with Crippen LogP contribution in [0.3, 0.4) is 0 Å². The van der Waals surface area contributed by atoms with Crippen molar-refractivity contribution in [2.75, 3.05) is 11.9 Å². The van der Waals surface area contributed by atoms with E-state index in [2.05, 4.69) is 48.0 Å². The SMILES string of the molecule is CC(C)(CBr)CC1COc2ccccc2C1. The largest absolute Gasteiger partial charge is 0.493 e. The molecule has 1 aliphatic heterocycles. The van der Waals surface area contributed by atoms with E-state index < -0.39 is 0 Å². The Bertz CT molecular complexity index is 360. The van der Waals surface area contributed by atoms with Gasteiger partial charge in [0.1, 0.15) is 5.75 Å². The van der Waals surface area contributed by atoms with Gasteiger partial charge in [-0.05, 0) is 35.8 Å². The first-order valence-electron chi connectivity index (χ1n) is 5.87. The number of hydrogen-bond acceptors (Lipinski definition) is 1. The molecule has 0 radical (unpaired) electrons. The van der Waals surface area contributed by atoms with E-state index in [1.54, 1.807) is 0 Å². The van der Waals surface area contributed by atoms with Crippen LogP contribution in [0.25, 0.3) is 0 Å². The Labute approximate surface area is 106 Å². The number of alkyl halides is 1. The zero-order chi connectivity index (χ0) is 11.6. The molecule has 88 valence electrons. The van der Waals surface area contributed by atoms with Crippen LogP contribution in [0.5, 0.6) is 5.75 Å². The zero-order valence-corrected chi connectivity index (χ0v) is 11.6. The minimum Gasteiger partial charge on any atom is -0.493 e. The van der Waals surface area contributed by atoms with Gasteiger partial charge in [-0.15, -0.1) is 0 Å².